The second-order valence-corrected chi connectivity index (χ2v) is 3.00. The van der Waals surface area contributed by atoms with Crippen LogP contribution in [0.25, 0.3) is 0 Å². The molecule has 1 aliphatic heterocycles. The zero-order valence-electron chi connectivity index (χ0n) is 7.18. The van der Waals surface area contributed by atoms with Gasteiger partial charge in [-0.3, -0.25) is 4.90 Å². The topological polar surface area (TPSA) is 36.3 Å². The minimum atomic E-state index is 0.229. The Morgan fingerprint density at radius 2 is 2.00 bits per heavy atom. The number of nitriles is 1. The van der Waals surface area contributed by atoms with Crippen molar-refractivity contribution in [3.63, 3.8) is 0 Å². The first-order valence-electron chi connectivity index (χ1n) is 4.23. The van der Waals surface area contributed by atoms with E-state index in [4.69, 9.17) is 10.00 Å². The third kappa shape index (κ3) is 1.49. The van der Waals surface area contributed by atoms with Crippen molar-refractivity contribution in [2.24, 2.45) is 0 Å². The third-order valence-corrected chi connectivity index (χ3v) is 2.13. The van der Waals surface area contributed by atoms with Crippen molar-refractivity contribution in [2.45, 2.75) is 6.04 Å². The first-order chi connectivity index (χ1) is 6.42. The lowest BCUT2D eigenvalue weighted by Crippen LogP contribution is -2.46. The maximum atomic E-state index is 8.94. The number of anilines is 1. The lowest BCUT2D eigenvalue weighted by Gasteiger charge is -2.33. The molecule has 0 aliphatic carbocycles. The molecule has 0 saturated carbocycles. The lowest BCUT2D eigenvalue weighted by molar-refractivity contribution is 0.0124. The van der Waals surface area contributed by atoms with Crippen LogP contribution < -0.4 is 4.90 Å². The van der Waals surface area contributed by atoms with Crippen molar-refractivity contribution >= 4 is 5.69 Å². The van der Waals surface area contributed by atoms with Crippen LogP contribution >= 0.6 is 0 Å². The molecule has 3 nitrogen and oxygen atoms in total. The van der Waals surface area contributed by atoms with Gasteiger partial charge in [-0.1, -0.05) is 18.2 Å². The summed E-state index contributed by atoms with van der Waals surface area (Å²) in [4.78, 5) is 1.70. The van der Waals surface area contributed by atoms with E-state index >= 15 is 0 Å². The molecule has 0 N–H and O–H groups in total. The molecular weight excluding hydrogens is 164 g/mol. The van der Waals surface area contributed by atoms with Gasteiger partial charge >= 0.3 is 0 Å². The third-order valence-electron chi connectivity index (χ3n) is 2.13. The molecule has 3 heteroatoms. The number of nitrogens with zero attached hydrogens (tertiary/aromatic N) is 2. The summed E-state index contributed by atoms with van der Waals surface area (Å²) in [5.41, 5.74) is 0.943. The number of hydrogen-bond acceptors (Lipinski definition) is 3. The van der Waals surface area contributed by atoms with Gasteiger partial charge in [0.1, 0.15) is 0 Å². The molecule has 0 spiro atoms. The van der Waals surface area contributed by atoms with Gasteiger partial charge in [0, 0.05) is 0 Å². The minimum absolute atomic E-state index is 0.229. The average Bonchev–Trinajstić information content (AvgIpc) is 2.12. The highest BCUT2D eigenvalue weighted by atomic mass is 16.5. The van der Waals surface area contributed by atoms with E-state index in [1.165, 1.54) is 0 Å². The van der Waals surface area contributed by atoms with Crippen molar-refractivity contribution in [3.05, 3.63) is 30.3 Å². The Morgan fingerprint density at radius 3 is 2.46 bits per heavy atom. The fraction of sp³-hybridized carbons (Fsp3) is 0.300. The molecule has 1 aromatic carbocycles. The van der Waals surface area contributed by atoms with Gasteiger partial charge in [-0.05, 0) is 12.1 Å². The Balaban J connectivity index is 2.18. The second kappa shape index (κ2) is 3.46. The van der Waals surface area contributed by atoms with E-state index in [0.717, 1.165) is 5.69 Å². The summed E-state index contributed by atoms with van der Waals surface area (Å²) in [7, 11) is 0. The Hall–Kier alpha value is -1.53. The van der Waals surface area contributed by atoms with E-state index in [0.29, 0.717) is 13.2 Å². The number of para-hydroxylation sites is 1. The van der Waals surface area contributed by atoms with E-state index in [1.807, 2.05) is 30.3 Å². The Kier molecular flexibility index (Phi) is 2.15. The minimum Gasteiger partial charge on any atom is -0.377 e. The van der Waals surface area contributed by atoms with Crippen LogP contribution in [0, 0.1) is 11.5 Å². The molecule has 1 aliphatic rings. The smallest absolute Gasteiger partial charge is 0.184 e. The van der Waals surface area contributed by atoms with Crippen LogP contribution in [0.15, 0.2) is 30.3 Å². The Morgan fingerprint density at radius 1 is 1.31 bits per heavy atom. The van der Waals surface area contributed by atoms with E-state index in [-0.39, 0.29) is 6.04 Å². The highest BCUT2D eigenvalue weighted by molar-refractivity contribution is 5.51. The van der Waals surface area contributed by atoms with E-state index in [2.05, 4.69) is 6.19 Å². The highest BCUT2D eigenvalue weighted by Gasteiger charge is 2.26. The fourth-order valence-corrected chi connectivity index (χ4v) is 1.31. The number of ether oxygens (including phenoxy) is 1. The molecule has 1 saturated heterocycles. The standard InChI is InChI=1S/C10H10N2O/c11-8-12(10-6-13-7-10)9-4-2-1-3-5-9/h1-5,10H,6-7H2. The Bertz CT molecular complexity index is 313. The molecular formula is C10H10N2O. The summed E-state index contributed by atoms with van der Waals surface area (Å²) in [5.74, 6) is 0. The van der Waals surface area contributed by atoms with Gasteiger partial charge in [0.05, 0.1) is 24.9 Å². The van der Waals surface area contributed by atoms with Gasteiger partial charge < -0.3 is 4.74 Å². The van der Waals surface area contributed by atoms with Gasteiger partial charge in [-0.2, -0.15) is 5.26 Å². The summed E-state index contributed by atoms with van der Waals surface area (Å²) in [5, 5.41) is 8.94. The van der Waals surface area contributed by atoms with Crippen LogP contribution in [-0.4, -0.2) is 19.3 Å². The first-order valence-corrected chi connectivity index (χ1v) is 4.23. The molecule has 0 aromatic heterocycles. The van der Waals surface area contributed by atoms with E-state index in [9.17, 15) is 0 Å². The molecule has 0 unspecified atom stereocenters. The molecule has 0 bridgehead atoms. The molecule has 13 heavy (non-hydrogen) atoms. The summed E-state index contributed by atoms with van der Waals surface area (Å²) < 4.78 is 5.05. The normalized spacial score (nSPS) is 15.9. The van der Waals surface area contributed by atoms with Gasteiger partial charge in [-0.25, -0.2) is 0 Å². The second-order valence-electron chi connectivity index (χ2n) is 3.00. The molecule has 0 radical (unpaired) electrons. The van der Waals surface area contributed by atoms with Gasteiger partial charge in [0.2, 0.25) is 0 Å². The SMILES string of the molecule is N#CN(c1ccccc1)C1COC1. The van der Waals surface area contributed by atoms with Crippen LogP contribution in [-0.2, 0) is 4.74 Å². The van der Waals surface area contributed by atoms with Crippen molar-refractivity contribution in [1.29, 1.82) is 5.26 Å². The lowest BCUT2D eigenvalue weighted by atomic mass is 10.2. The molecule has 1 fully saturated rings. The van der Waals surface area contributed by atoms with E-state index < -0.39 is 0 Å². The van der Waals surface area contributed by atoms with Crippen molar-refractivity contribution < 1.29 is 4.74 Å². The molecule has 1 aromatic rings. The number of hydrogen-bond donors (Lipinski definition) is 0. The molecule has 2 rings (SSSR count). The molecule has 0 atom stereocenters. The predicted octanol–water partition coefficient (Wildman–Crippen LogP) is 1.37. The largest absolute Gasteiger partial charge is 0.377 e. The fourth-order valence-electron chi connectivity index (χ4n) is 1.31. The monoisotopic (exact) mass is 174 g/mol. The van der Waals surface area contributed by atoms with Crippen molar-refractivity contribution in [2.75, 3.05) is 18.1 Å². The van der Waals surface area contributed by atoms with Crippen LogP contribution in [0.3, 0.4) is 0 Å². The molecule has 66 valence electrons. The van der Waals surface area contributed by atoms with Crippen molar-refractivity contribution in [3.8, 4) is 6.19 Å². The Labute approximate surface area is 77.2 Å². The van der Waals surface area contributed by atoms with Gasteiger partial charge in [-0.15, -0.1) is 0 Å². The maximum Gasteiger partial charge on any atom is 0.184 e. The summed E-state index contributed by atoms with van der Waals surface area (Å²) >= 11 is 0. The first kappa shape index (κ1) is 8.09. The zero-order valence-corrected chi connectivity index (χ0v) is 7.18. The van der Waals surface area contributed by atoms with Crippen LogP contribution in [0.1, 0.15) is 0 Å². The maximum absolute atomic E-state index is 8.94. The predicted molar refractivity (Wildman–Crippen MR) is 49.1 cm³/mol. The molecule has 1 heterocycles. The van der Waals surface area contributed by atoms with Crippen LogP contribution in [0.5, 0.6) is 0 Å². The van der Waals surface area contributed by atoms with Gasteiger partial charge in [0.15, 0.2) is 6.19 Å². The number of benzene rings is 1. The average molecular weight is 174 g/mol. The highest BCUT2D eigenvalue weighted by Crippen LogP contribution is 2.19. The quantitative estimate of drug-likeness (QED) is 0.502. The zero-order chi connectivity index (χ0) is 9.10. The summed E-state index contributed by atoms with van der Waals surface area (Å²) in [6.45, 7) is 1.31. The van der Waals surface area contributed by atoms with Crippen LogP contribution in [0.2, 0.25) is 0 Å². The van der Waals surface area contributed by atoms with Crippen LogP contribution in [0.4, 0.5) is 5.69 Å². The number of rotatable bonds is 2. The van der Waals surface area contributed by atoms with E-state index in [1.54, 1.807) is 4.90 Å². The summed E-state index contributed by atoms with van der Waals surface area (Å²) in [6, 6.07) is 9.89. The molecule has 0 amide bonds. The summed E-state index contributed by atoms with van der Waals surface area (Å²) in [6.07, 6.45) is 2.17. The van der Waals surface area contributed by atoms with Gasteiger partial charge in [0.25, 0.3) is 0 Å². The van der Waals surface area contributed by atoms with Crippen molar-refractivity contribution in [1.82, 2.24) is 0 Å².